The standard InChI is InChI=1S/C18H15ClN4O2/c1-12(9-15-3-2-8-25-15)11-20-23-18(24)17-10-16(21-22-17)13-4-6-14(19)7-5-13/h2-11H,1H3,(H,21,22)(H,23,24)/b12-9-,20-11-. The minimum absolute atomic E-state index is 0.315. The Labute approximate surface area is 149 Å². The predicted molar refractivity (Wildman–Crippen MR) is 97.4 cm³/mol. The van der Waals surface area contributed by atoms with Crippen molar-refractivity contribution in [2.75, 3.05) is 0 Å². The van der Waals surface area contributed by atoms with Crippen molar-refractivity contribution in [1.29, 1.82) is 0 Å². The number of rotatable bonds is 5. The van der Waals surface area contributed by atoms with Crippen molar-refractivity contribution in [2.24, 2.45) is 5.10 Å². The summed E-state index contributed by atoms with van der Waals surface area (Å²) < 4.78 is 5.21. The van der Waals surface area contributed by atoms with E-state index in [1.54, 1.807) is 30.5 Å². The molecule has 0 bridgehead atoms. The molecule has 0 aliphatic carbocycles. The molecule has 126 valence electrons. The average molecular weight is 355 g/mol. The highest BCUT2D eigenvalue weighted by molar-refractivity contribution is 6.30. The van der Waals surface area contributed by atoms with Crippen LogP contribution >= 0.6 is 11.6 Å². The summed E-state index contributed by atoms with van der Waals surface area (Å²) in [4.78, 5) is 12.1. The summed E-state index contributed by atoms with van der Waals surface area (Å²) in [6, 6.07) is 12.5. The Kier molecular flexibility index (Phi) is 5.11. The fourth-order valence-corrected chi connectivity index (χ4v) is 2.22. The first kappa shape index (κ1) is 16.7. The zero-order valence-electron chi connectivity index (χ0n) is 13.4. The van der Waals surface area contributed by atoms with E-state index in [9.17, 15) is 4.79 Å². The Hall–Kier alpha value is -3.12. The highest BCUT2D eigenvalue weighted by atomic mass is 35.5. The van der Waals surface area contributed by atoms with E-state index in [0.717, 1.165) is 16.9 Å². The molecule has 0 radical (unpaired) electrons. The van der Waals surface area contributed by atoms with Gasteiger partial charge in [-0.15, -0.1) is 0 Å². The molecule has 0 aliphatic rings. The molecule has 0 saturated heterocycles. The van der Waals surface area contributed by atoms with Crippen molar-refractivity contribution in [1.82, 2.24) is 15.6 Å². The zero-order valence-corrected chi connectivity index (χ0v) is 14.1. The van der Waals surface area contributed by atoms with Gasteiger partial charge in [0, 0.05) is 10.6 Å². The molecule has 7 heteroatoms. The van der Waals surface area contributed by atoms with Gasteiger partial charge in [0.05, 0.1) is 18.2 Å². The molecule has 6 nitrogen and oxygen atoms in total. The molecule has 2 heterocycles. The van der Waals surface area contributed by atoms with Crippen molar-refractivity contribution in [3.8, 4) is 11.3 Å². The van der Waals surface area contributed by atoms with E-state index in [2.05, 4.69) is 20.7 Å². The number of carbonyl (C=O) groups excluding carboxylic acids is 1. The van der Waals surface area contributed by atoms with Gasteiger partial charge in [0.15, 0.2) is 0 Å². The fourth-order valence-electron chi connectivity index (χ4n) is 2.09. The lowest BCUT2D eigenvalue weighted by molar-refractivity contribution is 0.0950. The van der Waals surface area contributed by atoms with Gasteiger partial charge in [-0.05, 0) is 48.9 Å². The largest absolute Gasteiger partial charge is 0.465 e. The number of hydrogen-bond donors (Lipinski definition) is 2. The van der Waals surface area contributed by atoms with E-state index in [1.807, 2.05) is 31.2 Å². The summed E-state index contributed by atoms with van der Waals surface area (Å²) in [6.07, 6.45) is 4.94. The second-order valence-corrected chi connectivity index (χ2v) is 5.71. The molecule has 2 aromatic heterocycles. The summed E-state index contributed by atoms with van der Waals surface area (Å²) in [7, 11) is 0. The number of furan rings is 1. The molecule has 0 aliphatic heterocycles. The number of H-pyrrole nitrogens is 1. The maximum atomic E-state index is 12.1. The van der Waals surface area contributed by atoms with E-state index >= 15 is 0 Å². The number of halogens is 1. The minimum atomic E-state index is -0.380. The number of nitrogens with zero attached hydrogens (tertiary/aromatic N) is 2. The van der Waals surface area contributed by atoms with Gasteiger partial charge in [0.25, 0.3) is 5.91 Å². The van der Waals surface area contributed by atoms with Crippen molar-refractivity contribution in [3.05, 3.63) is 70.8 Å². The van der Waals surface area contributed by atoms with Crippen LogP contribution in [0.25, 0.3) is 17.3 Å². The molecule has 0 atom stereocenters. The third-order valence-electron chi connectivity index (χ3n) is 3.31. The van der Waals surface area contributed by atoms with Gasteiger partial charge in [0.2, 0.25) is 0 Å². The van der Waals surface area contributed by atoms with Crippen molar-refractivity contribution >= 4 is 29.8 Å². The Morgan fingerprint density at radius 1 is 1.32 bits per heavy atom. The second kappa shape index (κ2) is 7.63. The van der Waals surface area contributed by atoms with Gasteiger partial charge in [-0.1, -0.05) is 23.7 Å². The molecule has 0 saturated carbocycles. The van der Waals surface area contributed by atoms with Gasteiger partial charge < -0.3 is 4.42 Å². The van der Waals surface area contributed by atoms with Crippen LogP contribution < -0.4 is 5.43 Å². The molecule has 0 spiro atoms. The van der Waals surface area contributed by atoms with Crippen LogP contribution in [0.3, 0.4) is 0 Å². The number of benzene rings is 1. The maximum Gasteiger partial charge on any atom is 0.289 e. The normalized spacial score (nSPS) is 11.8. The topological polar surface area (TPSA) is 83.3 Å². The Morgan fingerprint density at radius 2 is 2.12 bits per heavy atom. The third kappa shape index (κ3) is 4.45. The van der Waals surface area contributed by atoms with Gasteiger partial charge in [0.1, 0.15) is 11.5 Å². The quantitative estimate of drug-likeness (QED) is 0.533. The number of carbonyl (C=O) groups is 1. The number of aromatic nitrogens is 2. The van der Waals surface area contributed by atoms with Crippen molar-refractivity contribution in [3.63, 3.8) is 0 Å². The number of hydrogen-bond acceptors (Lipinski definition) is 4. The summed E-state index contributed by atoms with van der Waals surface area (Å²) in [6.45, 7) is 1.85. The van der Waals surface area contributed by atoms with Gasteiger partial charge >= 0.3 is 0 Å². The lowest BCUT2D eigenvalue weighted by Gasteiger charge is -1.96. The van der Waals surface area contributed by atoms with Crippen LogP contribution in [0.4, 0.5) is 0 Å². The summed E-state index contributed by atoms with van der Waals surface area (Å²) in [5.41, 5.74) is 5.11. The molecule has 0 unspecified atom stereocenters. The molecule has 3 aromatic rings. The maximum absolute atomic E-state index is 12.1. The van der Waals surface area contributed by atoms with E-state index < -0.39 is 0 Å². The predicted octanol–water partition coefficient (Wildman–Crippen LogP) is 4.14. The Morgan fingerprint density at radius 3 is 2.84 bits per heavy atom. The first-order chi connectivity index (χ1) is 12.1. The lowest BCUT2D eigenvalue weighted by Crippen LogP contribution is -2.17. The first-order valence-corrected chi connectivity index (χ1v) is 7.86. The SMILES string of the molecule is CC(/C=N\NC(=O)c1cc(-c2ccc(Cl)cc2)n[nH]1)=C/c1ccco1. The summed E-state index contributed by atoms with van der Waals surface area (Å²) >= 11 is 5.86. The second-order valence-electron chi connectivity index (χ2n) is 5.28. The molecule has 1 aromatic carbocycles. The number of allylic oxidation sites excluding steroid dienone is 1. The molecule has 0 fully saturated rings. The lowest BCUT2D eigenvalue weighted by atomic mass is 10.1. The first-order valence-electron chi connectivity index (χ1n) is 7.48. The van der Waals surface area contributed by atoms with Crippen LogP contribution in [0.5, 0.6) is 0 Å². The number of amides is 1. The molecule has 2 N–H and O–H groups in total. The molecular formula is C18H15ClN4O2. The molecule has 1 amide bonds. The van der Waals surface area contributed by atoms with Crippen LogP contribution in [0.2, 0.25) is 5.02 Å². The van der Waals surface area contributed by atoms with E-state index in [0.29, 0.717) is 16.4 Å². The van der Waals surface area contributed by atoms with Crippen LogP contribution in [-0.2, 0) is 0 Å². The highest BCUT2D eigenvalue weighted by Crippen LogP contribution is 2.20. The molecule has 3 rings (SSSR count). The van der Waals surface area contributed by atoms with Crippen LogP contribution in [0.1, 0.15) is 23.2 Å². The third-order valence-corrected chi connectivity index (χ3v) is 3.56. The number of hydrazone groups is 1. The summed E-state index contributed by atoms with van der Waals surface area (Å²) in [5.74, 6) is 0.339. The van der Waals surface area contributed by atoms with Crippen molar-refractivity contribution < 1.29 is 9.21 Å². The minimum Gasteiger partial charge on any atom is -0.465 e. The zero-order chi connectivity index (χ0) is 17.6. The van der Waals surface area contributed by atoms with E-state index in [1.165, 1.54) is 6.21 Å². The summed E-state index contributed by atoms with van der Waals surface area (Å²) in [5, 5.41) is 11.4. The molecular weight excluding hydrogens is 340 g/mol. The number of aromatic amines is 1. The van der Waals surface area contributed by atoms with Crippen LogP contribution in [-0.4, -0.2) is 22.3 Å². The smallest absolute Gasteiger partial charge is 0.289 e. The van der Waals surface area contributed by atoms with Gasteiger partial charge in [-0.3, -0.25) is 9.89 Å². The van der Waals surface area contributed by atoms with Crippen LogP contribution in [0, 0.1) is 0 Å². The van der Waals surface area contributed by atoms with E-state index in [-0.39, 0.29) is 5.91 Å². The monoisotopic (exact) mass is 354 g/mol. The fraction of sp³-hybridized carbons (Fsp3) is 0.0556. The Balaban J connectivity index is 1.62. The number of nitrogens with one attached hydrogen (secondary N) is 2. The van der Waals surface area contributed by atoms with Crippen LogP contribution in [0.15, 0.2) is 63.8 Å². The molecule has 25 heavy (non-hydrogen) atoms. The van der Waals surface area contributed by atoms with Crippen molar-refractivity contribution in [2.45, 2.75) is 6.92 Å². The van der Waals surface area contributed by atoms with Gasteiger partial charge in [-0.25, -0.2) is 5.43 Å². The highest BCUT2D eigenvalue weighted by Gasteiger charge is 2.10. The van der Waals surface area contributed by atoms with E-state index in [4.69, 9.17) is 16.0 Å². The Bertz CT molecular complexity index is 909. The average Bonchev–Trinajstić information content (AvgIpc) is 3.27. The van der Waals surface area contributed by atoms with Gasteiger partial charge in [-0.2, -0.15) is 10.2 Å².